The molecule has 1 N–H and O–H groups in total. The van der Waals surface area contributed by atoms with Gasteiger partial charge in [-0.25, -0.2) is 4.79 Å². The largest absolute Gasteiger partial charge is 0.421 e. The van der Waals surface area contributed by atoms with Crippen molar-refractivity contribution in [3.63, 3.8) is 0 Å². The van der Waals surface area contributed by atoms with Gasteiger partial charge < -0.3 is 10.1 Å². The van der Waals surface area contributed by atoms with Crippen LogP contribution in [0, 0.1) is 12.0 Å². The number of unbranched alkanes of at least 4 members (excludes halogenated alkanes) is 1. The lowest BCUT2D eigenvalue weighted by molar-refractivity contribution is 0.191. The first-order valence-corrected chi connectivity index (χ1v) is 4.66. The number of carbonyl (C=O) groups excluding carboxylic acids is 1. The quantitative estimate of drug-likeness (QED) is 0.429. The van der Waals surface area contributed by atoms with Crippen molar-refractivity contribution in [3.05, 3.63) is 12.7 Å². The summed E-state index contributed by atoms with van der Waals surface area (Å²) in [6, 6.07) is 0. The molecule has 0 aromatic rings. The first-order chi connectivity index (χ1) is 6.72. The maximum atomic E-state index is 10.6. The Bertz CT molecular complexity index is 201. The molecule has 0 spiro atoms. The van der Waals surface area contributed by atoms with Crippen LogP contribution in [0.2, 0.25) is 0 Å². The highest BCUT2D eigenvalue weighted by atomic mass is 16.5. The first-order valence-electron chi connectivity index (χ1n) is 4.66. The number of alkyl carbamates (subject to hydrolysis) is 1. The number of hydrogen-bond donors (Lipinski definition) is 1. The lowest BCUT2D eigenvalue weighted by Crippen LogP contribution is -2.23. The fourth-order valence-electron chi connectivity index (χ4n) is 0.501. The molecule has 3 nitrogen and oxygen atoms in total. The standard InChI is InChI=1S/C8H13NO2.C3H6/c1-3-5-6-9-8(10)11-7-4-2;1-3-2/h3,5-6H2,1-2H3,(H,9,10);3H,1H2,2H3. The molecule has 0 saturated carbocycles. The minimum Gasteiger partial charge on any atom is -0.356 e. The van der Waals surface area contributed by atoms with E-state index in [-0.39, 0.29) is 0 Å². The summed E-state index contributed by atoms with van der Waals surface area (Å²) in [7, 11) is 0. The van der Waals surface area contributed by atoms with Gasteiger partial charge >= 0.3 is 6.09 Å². The van der Waals surface area contributed by atoms with Crippen LogP contribution in [0.25, 0.3) is 0 Å². The summed E-state index contributed by atoms with van der Waals surface area (Å²) >= 11 is 0. The molecule has 0 atom stereocenters. The van der Waals surface area contributed by atoms with Crippen LogP contribution in [0.3, 0.4) is 0 Å². The molecule has 0 fully saturated rings. The molecule has 0 aromatic heterocycles. The Morgan fingerprint density at radius 1 is 1.64 bits per heavy atom. The van der Waals surface area contributed by atoms with Crippen LogP contribution < -0.4 is 5.32 Å². The number of ether oxygens (including phenoxy) is 1. The van der Waals surface area contributed by atoms with Crippen LogP contribution in [-0.4, -0.2) is 12.6 Å². The SMILES string of the molecule is C=CC.CC#COC(=O)NCCCC. The molecule has 0 aliphatic carbocycles. The van der Waals surface area contributed by atoms with E-state index in [1.54, 1.807) is 13.0 Å². The van der Waals surface area contributed by atoms with Gasteiger partial charge in [-0.2, -0.15) is 0 Å². The minimum atomic E-state index is -0.465. The Labute approximate surface area is 86.5 Å². The molecule has 3 heteroatoms. The molecule has 0 unspecified atom stereocenters. The second-order valence-electron chi connectivity index (χ2n) is 2.43. The third-order valence-corrected chi connectivity index (χ3v) is 1.05. The summed E-state index contributed by atoms with van der Waals surface area (Å²) in [5.41, 5.74) is 0. The molecule has 0 rings (SSSR count). The second kappa shape index (κ2) is 14.1. The number of rotatable bonds is 3. The predicted octanol–water partition coefficient (Wildman–Crippen LogP) is 2.69. The molecule has 0 aliphatic rings. The molecule has 0 radical (unpaired) electrons. The zero-order valence-electron chi connectivity index (χ0n) is 9.22. The van der Waals surface area contributed by atoms with E-state index in [1.807, 2.05) is 6.92 Å². The summed E-state index contributed by atoms with van der Waals surface area (Å²) in [6.45, 7) is 9.57. The molecule has 0 heterocycles. The highest BCUT2D eigenvalue weighted by molar-refractivity contribution is 5.68. The van der Waals surface area contributed by atoms with Crippen molar-refractivity contribution in [3.8, 4) is 12.0 Å². The number of hydrogen-bond acceptors (Lipinski definition) is 2. The maximum absolute atomic E-state index is 10.6. The fraction of sp³-hybridized carbons (Fsp3) is 0.545. The summed E-state index contributed by atoms with van der Waals surface area (Å²) in [5, 5.41) is 2.55. The number of allylic oxidation sites excluding steroid dienone is 1. The van der Waals surface area contributed by atoms with Gasteiger partial charge in [0, 0.05) is 13.5 Å². The van der Waals surface area contributed by atoms with E-state index in [4.69, 9.17) is 0 Å². The molecule has 14 heavy (non-hydrogen) atoms. The number of amides is 1. The van der Waals surface area contributed by atoms with Gasteiger partial charge in [0.15, 0.2) is 0 Å². The van der Waals surface area contributed by atoms with Gasteiger partial charge in [-0.05, 0) is 13.3 Å². The van der Waals surface area contributed by atoms with Crippen LogP contribution in [0.5, 0.6) is 0 Å². The van der Waals surface area contributed by atoms with Crippen molar-refractivity contribution < 1.29 is 9.53 Å². The second-order valence-corrected chi connectivity index (χ2v) is 2.43. The molecular formula is C11H19NO2. The third kappa shape index (κ3) is 16.9. The van der Waals surface area contributed by atoms with E-state index in [1.165, 1.54) is 0 Å². The van der Waals surface area contributed by atoms with E-state index < -0.39 is 6.09 Å². The van der Waals surface area contributed by atoms with Gasteiger partial charge in [-0.15, -0.1) is 6.58 Å². The van der Waals surface area contributed by atoms with Gasteiger partial charge in [-0.3, -0.25) is 0 Å². The molecule has 0 aromatic carbocycles. The highest BCUT2D eigenvalue weighted by Gasteiger charge is 1.96. The zero-order valence-corrected chi connectivity index (χ0v) is 9.22. The van der Waals surface area contributed by atoms with Crippen LogP contribution in [0.4, 0.5) is 4.79 Å². The fourth-order valence-corrected chi connectivity index (χ4v) is 0.501. The average molecular weight is 197 g/mol. The topological polar surface area (TPSA) is 38.3 Å². The van der Waals surface area contributed by atoms with E-state index in [9.17, 15) is 4.79 Å². The number of carbonyl (C=O) groups is 1. The average Bonchev–Trinajstić information content (AvgIpc) is 2.16. The van der Waals surface area contributed by atoms with Crippen molar-refractivity contribution in [2.45, 2.75) is 33.6 Å². The summed E-state index contributed by atoms with van der Waals surface area (Å²) < 4.78 is 4.43. The zero-order chi connectivity index (χ0) is 11.2. The van der Waals surface area contributed by atoms with E-state index in [2.05, 4.69) is 35.6 Å². The summed E-state index contributed by atoms with van der Waals surface area (Å²) in [5.74, 6) is 2.46. The van der Waals surface area contributed by atoms with Crippen LogP contribution in [0.15, 0.2) is 12.7 Å². The lowest BCUT2D eigenvalue weighted by Gasteiger charge is -1.98. The molecular weight excluding hydrogens is 178 g/mol. The Morgan fingerprint density at radius 3 is 2.64 bits per heavy atom. The van der Waals surface area contributed by atoms with Crippen molar-refractivity contribution in [2.75, 3.05) is 6.54 Å². The minimum absolute atomic E-state index is 0.465. The van der Waals surface area contributed by atoms with E-state index >= 15 is 0 Å². The van der Waals surface area contributed by atoms with Gasteiger partial charge in [0.05, 0.1) is 0 Å². The highest BCUT2D eigenvalue weighted by Crippen LogP contribution is 1.83. The molecule has 0 bridgehead atoms. The Morgan fingerprint density at radius 2 is 2.21 bits per heavy atom. The van der Waals surface area contributed by atoms with E-state index in [0.29, 0.717) is 6.54 Å². The van der Waals surface area contributed by atoms with Gasteiger partial charge in [-0.1, -0.05) is 25.3 Å². The lowest BCUT2D eigenvalue weighted by atomic mass is 10.3. The van der Waals surface area contributed by atoms with Crippen molar-refractivity contribution >= 4 is 6.09 Å². The number of nitrogens with one attached hydrogen (secondary N) is 1. The Kier molecular flexibility index (Phi) is 15.2. The monoisotopic (exact) mass is 197 g/mol. The first kappa shape index (κ1) is 15.1. The molecule has 0 saturated heterocycles. The van der Waals surface area contributed by atoms with Crippen molar-refractivity contribution in [1.29, 1.82) is 0 Å². The van der Waals surface area contributed by atoms with Gasteiger partial charge in [0.2, 0.25) is 0 Å². The van der Waals surface area contributed by atoms with Crippen LogP contribution in [0.1, 0.15) is 33.6 Å². The van der Waals surface area contributed by atoms with Crippen LogP contribution >= 0.6 is 0 Å². The normalized spacial score (nSPS) is 7.07. The predicted molar refractivity (Wildman–Crippen MR) is 58.7 cm³/mol. The smallest absolute Gasteiger partial charge is 0.356 e. The van der Waals surface area contributed by atoms with Gasteiger partial charge in [0.25, 0.3) is 0 Å². The molecule has 80 valence electrons. The summed E-state index contributed by atoms with van der Waals surface area (Å²) in [4.78, 5) is 10.6. The molecule has 0 aliphatic heterocycles. The third-order valence-electron chi connectivity index (χ3n) is 1.05. The van der Waals surface area contributed by atoms with Gasteiger partial charge in [0.1, 0.15) is 6.11 Å². The van der Waals surface area contributed by atoms with Crippen molar-refractivity contribution in [2.24, 2.45) is 0 Å². The Balaban J connectivity index is 0. The summed E-state index contributed by atoms with van der Waals surface area (Å²) in [6.07, 6.45) is 5.52. The Hall–Kier alpha value is -1.43. The molecule has 1 amide bonds. The maximum Gasteiger partial charge on any atom is 0.421 e. The van der Waals surface area contributed by atoms with Crippen molar-refractivity contribution in [1.82, 2.24) is 5.32 Å². The van der Waals surface area contributed by atoms with E-state index in [0.717, 1.165) is 12.8 Å². The van der Waals surface area contributed by atoms with Crippen LogP contribution in [-0.2, 0) is 4.74 Å².